The highest BCUT2D eigenvalue weighted by atomic mass is 19.1. The smallest absolute Gasteiger partial charge is 0.268 e. The van der Waals surface area contributed by atoms with Crippen molar-refractivity contribution in [3.05, 3.63) is 76.4 Å². The van der Waals surface area contributed by atoms with Crippen LogP contribution in [0.25, 0.3) is 0 Å². The molecule has 3 N–H and O–H groups in total. The van der Waals surface area contributed by atoms with Gasteiger partial charge in [-0.2, -0.15) is 5.10 Å². The molecule has 0 aliphatic rings. The molecule has 0 saturated carbocycles. The second kappa shape index (κ2) is 6.68. The number of aryl methyl sites for hydroxylation is 1. The molecule has 0 aliphatic heterocycles. The van der Waals surface area contributed by atoms with Gasteiger partial charge >= 0.3 is 0 Å². The molecule has 2 aromatic heterocycles. The van der Waals surface area contributed by atoms with E-state index in [4.69, 9.17) is 0 Å². The predicted octanol–water partition coefficient (Wildman–Crippen LogP) is 2.49. The molecule has 0 spiro atoms. The number of rotatable bonds is 5. The van der Waals surface area contributed by atoms with Crippen LogP contribution in [0.1, 0.15) is 37.8 Å². The van der Waals surface area contributed by atoms with Crippen molar-refractivity contribution in [2.45, 2.75) is 13.5 Å². The van der Waals surface area contributed by atoms with E-state index < -0.39 is 23.3 Å². The number of aromatic amines is 2. The minimum Gasteiger partial charge on any atom is -0.356 e. The Bertz CT molecular complexity index is 946. The maximum atomic E-state index is 13.7. The molecule has 0 atom stereocenters. The first-order chi connectivity index (χ1) is 11.9. The summed E-state index contributed by atoms with van der Waals surface area (Å²) in [5.74, 6) is -2.79. The van der Waals surface area contributed by atoms with Crippen molar-refractivity contribution in [3.8, 4) is 0 Å². The molecule has 0 aliphatic carbocycles. The molecular weight excluding hydrogens is 330 g/mol. The fourth-order valence-corrected chi connectivity index (χ4v) is 2.32. The van der Waals surface area contributed by atoms with E-state index in [0.717, 1.165) is 17.8 Å². The lowest BCUT2D eigenvalue weighted by Crippen LogP contribution is -2.23. The van der Waals surface area contributed by atoms with Crippen molar-refractivity contribution >= 4 is 11.7 Å². The van der Waals surface area contributed by atoms with E-state index in [2.05, 4.69) is 20.5 Å². The van der Waals surface area contributed by atoms with Crippen LogP contribution in [0.5, 0.6) is 0 Å². The second-order valence-electron chi connectivity index (χ2n) is 5.48. The van der Waals surface area contributed by atoms with Crippen molar-refractivity contribution in [2.75, 3.05) is 0 Å². The lowest BCUT2D eigenvalue weighted by Gasteiger charge is -2.01. The van der Waals surface area contributed by atoms with Crippen LogP contribution in [-0.4, -0.2) is 26.9 Å². The number of aromatic nitrogens is 3. The predicted molar refractivity (Wildman–Crippen MR) is 85.1 cm³/mol. The van der Waals surface area contributed by atoms with Crippen molar-refractivity contribution in [1.82, 2.24) is 20.5 Å². The molecule has 8 heteroatoms. The first-order valence-electron chi connectivity index (χ1n) is 7.41. The summed E-state index contributed by atoms with van der Waals surface area (Å²) in [4.78, 5) is 27.0. The molecule has 2 heterocycles. The molecule has 0 radical (unpaired) electrons. The van der Waals surface area contributed by atoms with Gasteiger partial charge in [0.25, 0.3) is 5.91 Å². The van der Waals surface area contributed by atoms with Gasteiger partial charge in [0.2, 0.25) is 0 Å². The summed E-state index contributed by atoms with van der Waals surface area (Å²) in [6.07, 6.45) is 1.30. The summed E-state index contributed by atoms with van der Waals surface area (Å²) in [6.45, 7) is 2.06. The third-order valence-corrected chi connectivity index (χ3v) is 3.55. The molecule has 0 fully saturated rings. The fourth-order valence-electron chi connectivity index (χ4n) is 2.32. The van der Waals surface area contributed by atoms with Crippen LogP contribution in [0.4, 0.5) is 8.78 Å². The number of nitrogens with one attached hydrogen (secondary N) is 3. The Morgan fingerprint density at radius 2 is 2.00 bits per heavy atom. The van der Waals surface area contributed by atoms with Crippen LogP contribution in [0.3, 0.4) is 0 Å². The Hall–Kier alpha value is -3.29. The quantitative estimate of drug-likeness (QED) is 0.621. The van der Waals surface area contributed by atoms with Gasteiger partial charge in [-0.15, -0.1) is 0 Å². The first kappa shape index (κ1) is 16.6. The largest absolute Gasteiger partial charge is 0.356 e. The fraction of sp³-hybridized carbons (Fsp3) is 0.118. The molecule has 1 amide bonds. The molecule has 3 aromatic rings. The number of benzene rings is 1. The van der Waals surface area contributed by atoms with E-state index in [1.807, 2.05) is 6.92 Å². The van der Waals surface area contributed by atoms with E-state index in [0.29, 0.717) is 11.8 Å². The Morgan fingerprint density at radius 1 is 1.20 bits per heavy atom. The number of H-pyrrole nitrogens is 2. The van der Waals surface area contributed by atoms with Gasteiger partial charge in [-0.1, -0.05) is 0 Å². The SMILES string of the molecule is Cc1cc(CNC(=O)c2cc(C(=O)c3ccc(F)cc3F)c[nH]2)n[nH]1. The molecule has 3 rings (SSSR count). The van der Waals surface area contributed by atoms with Gasteiger partial charge in [0, 0.05) is 23.5 Å². The van der Waals surface area contributed by atoms with E-state index in [9.17, 15) is 18.4 Å². The highest BCUT2D eigenvalue weighted by Gasteiger charge is 2.18. The number of carbonyl (C=O) groups excluding carboxylic acids is 2. The van der Waals surface area contributed by atoms with Crippen molar-refractivity contribution in [2.24, 2.45) is 0 Å². The number of hydrogen-bond acceptors (Lipinski definition) is 3. The van der Waals surface area contributed by atoms with E-state index in [-0.39, 0.29) is 23.4 Å². The molecule has 0 saturated heterocycles. The molecule has 0 bridgehead atoms. The minimum absolute atomic E-state index is 0.103. The summed E-state index contributed by atoms with van der Waals surface area (Å²) in [7, 11) is 0. The van der Waals surface area contributed by atoms with Crippen molar-refractivity contribution in [3.63, 3.8) is 0 Å². The van der Waals surface area contributed by atoms with Gasteiger partial charge in [-0.25, -0.2) is 8.78 Å². The summed E-state index contributed by atoms with van der Waals surface area (Å²) in [6, 6.07) is 5.82. The lowest BCUT2D eigenvalue weighted by atomic mass is 10.1. The second-order valence-corrected chi connectivity index (χ2v) is 5.48. The molecular formula is C17H14F2N4O2. The van der Waals surface area contributed by atoms with E-state index >= 15 is 0 Å². The third kappa shape index (κ3) is 3.63. The Kier molecular flexibility index (Phi) is 4.42. The number of nitrogens with zero attached hydrogens (tertiary/aromatic N) is 1. The lowest BCUT2D eigenvalue weighted by molar-refractivity contribution is 0.0946. The summed E-state index contributed by atoms with van der Waals surface area (Å²) < 4.78 is 26.6. The number of carbonyl (C=O) groups is 2. The third-order valence-electron chi connectivity index (χ3n) is 3.55. The summed E-state index contributed by atoms with van der Waals surface area (Å²) >= 11 is 0. The highest BCUT2D eigenvalue weighted by Crippen LogP contribution is 2.16. The van der Waals surface area contributed by atoms with Gasteiger partial charge in [0.1, 0.15) is 17.3 Å². The normalized spacial score (nSPS) is 10.7. The Labute approximate surface area is 141 Å². The molecule has 25 heavy (non-hydrogen) atoms. The average Bonchev–Trinajstić information content (AvgIpc) is 3.21. The minimum atomic E-state index is -0.953. The number of hydrogen-bond donors (Lipinski definition) is 3. The maximum absolute atomic E-state index is 13.7. The van der Waals surface area contributed by atoms with Gasteiger partial charge in [-0.05, 0) is 31.2 Å². The number of ketones is 1. The van der Waals surface area contributed by atoms with Crippen LogP contribution >= 0.6 is 0 Å². The molecule has 0 unspecified atom stereocenters. The van der Waals surface area contributed by atoms with Crippen LogP contribution in [0.2, 0.25) is 0 Å². The monoisotopic (exact) mass is 344 g/mol. The van der Waals surface area contributed by atoms with Crippen LogP contribution in [0, 0.1) is 18.6 Å². The zero-order valence-electron chi connectivity index (χ0n) is 13.2. The average molecular weight is 344 g/mol. The number of halogens is 2. The van der Waals surface area contributed by atoms with Crippen LogP contribution < -0.4 is 5.32 Å². The summed E-state index contributed by atoms with van der Waals surface area (Å²) in [5.41, 5.74) is 1.53. The maximum Gasteiger partial charge on any atom is 0.268 e. The first-order valence-corrected chi connectivity index (χ1v) is 7.41. The Morgan fingerprint density at radius 3 is 2.68 bits per heavy atom. The van der Waals surface area contributed by atoms with Gasteiger partial charge in [0.15, 0.2) is 5.78 Å². The summed E-state index contributed by atoms with van der Waals surface area (Å²) in [5, 5.41) is 9.41. The molecule has 128 valence electrons. The molecule has 6 nitrogen and oxygen atoms in total. The van der Waals surface area contributed by atoms with Gasteiger partial charge in [-0.3, -0.25) is 14.7 Å². The van der Waals surface area contributed by atoms with Gasteiger partial charge in [0.05, 0.1) is 17.8 Å². The number of amides is 1. The molecule has 1 aromatic carbocycles. The topological polar surface area (TPSA) is 90.6 Å². The van der Waals surface area contributed by atoms with Crippen molar-refractivity contribution < 1.29 is 18.4 Å². The van der Waals surface area contributed by atoms with E-state index in [1.54, 1.807) is 6.07 Å². The standard InChI is InChI=1S/C17H14F2N4O2/c1-9-4-12(23-22-9)8-21-17(25)15-5-10(7-20-15)16(24)13-3-2-11(18)6-14(13)19/h2-7,20H,8H2,1H3,(H,21,25)(H,22,23). The Balaban J connectivity index is 1.70. The van der Waals surface area contributed by atoms with Crippen LogP contribution in [-0.2, 0) is 6.54 Å². The zero-order chi connectivity index (χ0) is 18.0. The van der Waals surface area contributed by atoms with Crippen molar-refractivity contribution in [1.29, 1.82) is 0 Å². The highest BCUT2D eigenvalue weighted by molar-refractivity contribution is 6.10. The van der Waals surface area contributed by atoms with Gasteiger partial charge < -0.3 is 10.3 Å². The van der Waals surface area contributed by atoms with E-state index in [1.165, 1.54) is 12.3 Å². The zero-order valence-corrected chi connectivity index (χ0v) is 13.2. The van der Waals surface area contributed by atoms with Crippen LogP contribution in [0.15, 0.2) is 36.5 Å².